The molecule has 1 N–H and O–H groups in total. The summed E-state index contributed by atoms with van der Waals surface area (Å²) in [6, 6.07) is 7.80. The Morgan fingerprint density at radius 3 is 2.53 bits per heavy atom. The first-order chi connectivity index (χ1) is 8.26. The number of rotatable bonds is 7. The van der Waals surface area contributed by atoms with Gasteiger partial charge >= 0.3 is 0 Å². The van der Waals surface area contributed by atoms with Gasteiger partial charge in [0, 0.05) is 0 Å². The zero-order valence-electron chi connectivity index (χ0n) is 10.7. The standard InChI is InChI=1S/C15H22O2/c1-3-4-5-6-14(16)10-7-13-8-11-15(17-2)12-9-13/h7-12,14,16H,3-6H2,1-2H3/b10-7+/t14-/m0/s1. The monoisotopic (exact) mass is 234 g/mol. The maximum Gasteiger partial charge on any atom is 0.118 e. The Bertz CT molecular complexity index is 327. The molecule has 0 aliphatic heterocycles. The number of hydrogen-bond donors (Lipinski definition) is 1. The Labute approximate surface area is 104 Å². The van der Waals surface area contributed by atoms with Crippen LogP contribution in [0.3, 0.4) is 0 Å². The molecule has 0 aliphatic rings. The highest BCUT2D eigenvalue weighted by Crippen LogP contribution is 2.13. The predicted molar refractivity (Wildman–Crippen MR) is 72.2 cm³/mol. The fourth-order valence-corrected chi connectivity index (χ4v) is 1.64. The molecule has 2 heteroatoms. The maximum absolute atomic E-state index is 9.73. The van der Waals surface area contributed by atoms with Crippen molar-refractivity contribution in [1.29, 1.82) is 0 Å². The van der Waals surface area contributed by atoms with Gasteiger partial charge in [0.25, 0.3) is 0 Å². The molecule has 1 aromatic rings. The zero-order chi connectivity index (χ0) is 12.5. The fraction of sp³-hybridized carbons (Fsp3) is 0.467. The van der Waals surface area contributed by atoms with Gasteiger partial charge in [0.1, 0.15) is 5.75 Å². The lowest BCUT2D eigenvalue weighted by molar-refractivity contribution is 0.209. The molecule has 0 aromatic heterocycles. The topological polar surface area (TPSA) is 29.5 Å². The quantitative estimate of drug-likeness (QED) is 0.730. The van der Waals surface area contributed by atoms with Crippen molar-refractivity contribution in [2.24, 2.45) is 0 Å². The van der Waals surface area contributed by atoms with E-state index in [2.05, 4.69) is 6.92 Å². The Hall–Kier alpha value is -1.28. The molecule has 1 rings (SSSR count). The molecule has 0 fully saturated rings. The second-order valence-electron chi connectivity index (χ2n) is 4.20. The number of ether oxygens (including phenoxy) is 1. The molecular formula is C15H22O2. The summed E-state index contributed by atoms with van der Waals surface area (Å²) in [6.07, 6.45) is 7.80. The minimum absolute atomic E-state index is 0.330. The number of benzene rings is 1. The lowest BCUT2D eigenvalue weighted by Crippen LogP contribution is -2.00. The highest BCUT2D eigenvalue weighted by molar-refractivity contribution is 5.50. The smallest absolute Gasteiger partial charge is 0.118 e. The SMILES string of the molecule is CCCCC[C@H](O)/C=C/c1ccc(OC)cc1. The number of aliphatic hydroxyl groups excluding tert-OH is 1. The molecule has 0 amide bonds. The van der Waals surface area contributed by atoms with Gasteiger partial charge < -0.3 is 9.84 Å². The minimum Gasteiger partial charge on any atom is -0.497 e. The third-order valence-electron chi connectivity index (χ3n) is 2.73. The van der Waals surface area contributed by atoms with E-state index in [0.717, 1.165) is 24.2 Å². The van der Waals surface area contributed by atoms with Gasteiger partial charge in [-0.25, -0.2) is 0 Å². The van der Waals surface area contributed by atoms with Crippen LogP contribution in [0.2, 0.25) is 0 Å². The van der Waals surface area contributed by atoms with Crippen molar-refractivity contribution in [3.63, 3.8) is 0 Å². The number of hydrogen-bond acceptors (Lipinski definition) is 2. The highest BCUT2D eigenvalue weighted by atomic mass is 16.5. The van der Waals surface area contributed by atoms with E-state index in [1.807, 2.05) is 36.4 Å². The molecule has 0 radical (unpaired) electrons. The van der Waals surface area contributed by atoms with E-state index >= 15 is 0 Å². The van der Waals surface area contributed by atoms with Crippen LogP contribution < -0.4 is 4.74 Å². The lowest BCUT2D eigenvalue weighted by Gasteiger charge is -2.04. The van der Waals surface area contributed by atoms with Crippen LogP contribution in [0.1, 0.15) is 38.2 Å². The van der Waals surface area contributed by atoms with Crippen molar-refractivity contribution in [1.82, 2.24) is 0 Å². The third-order valence-corrected chi connectivity index (χ3v) is 2.73. The van der Waals surface area contributed by atoms with E-state index in [4.69, 9.17) is 4.74 Å². The molecule has 0 heterocycles. The van der Waals surface area contributed by atoms with Gasteiger partial charge in [0.15, 0.2) is 0 Å². The number of unbranched alkanes of at least 4 members (excludes halogenated alkanes) is 2. The average molecular weight is 234 g/mol. The molecule has 1 atom stereocenters. The normalized spacial score (nSPS) is 12.9. The molecule has 0 saturated carbocycles. The summed E-state index contributed by atoms with van der Waals surface area (Å²) in [6.45, 7) is 2.17. The second-order valence-corrected chi connectivity index (χ2v) is 4.20. The van der Waals surface area contributed by atoms with Crippen LogP contribution in [-0.2, 0) is 0 Å². The van der Waals surface area contributed by atoms with Gasteiger partial charge in [0.05, 0.1) is 13.2 Å². The van der Waals surface area contributed by atoms with E-state index in [1.165, 1.54) is 12.8 Å². The molecule has 0 saturated heterocycles. The van der Waals surface area contributed by atoms with Crippen LogP contribution in [0, 0.1) is 0 Å². The minimum atomic E-state index is -0.330. The molecule has 0 spiro atoms. The van der Waals surface area contributed by atoms with E-state index in [-0.39, 0.29) is 6.10 Å². The average Bonchev–Trinajstić information content (AvgIpc) is 2.37. The molecule has 1 aromatic carbocycles. The van der Waals surface area contributed by atoms with Crippen molar-refractivity contribution >= 4 is 6.08 Å². The van der Waals surface area contributed by atoms with E-state index in [9.17, 15) is 5.11 Å². The Morgan fingerprint density at radius 1 is 1.24 bits per heavy atom. The van der Waals surface area contributed by atoms with Crippen LogP contribution in [0.5, 0.6) is 5.75 Å². The summed E-state index contributed by atoms with van der Waals surface area (Å²) in [5.41, 5.74) is 1.08. The van der Waals surface area contributed by atoms with E-state index < -0.39 is 0 Å². The summed E-state index contributed by atoms with van der Waals surface area (Å²) < 4.78 is 5.09. The maximum atomic E-state index is 9.73. The van der Waals surface area contributed by atoms with Crippen LogP contribution in [0.4, 0.5) is 0 Å². The van der Waals surface area contributed by atoms with Crippen molar-refractivity contribution in [3.8, 4) is 5.75 Å². The van der Waals surface area contributed by atoms with Crippen LogP contribution in [0.25, 0.3) is 6.08 Å². The van der Waals surface area contributed by atoms with E-state index in [0.29, 0.717) is 0 Å². The summed E-state index contributed by atoms with van der Waals surface area (Å²) in [4.78, 5) is 0. The summed E-state index contributed by atoms with van der Waals surface area (Å²) in [5.74, 6) is 0.852. The lowest BCUT2D eigenvalue weighted by atomic mass is 10.1. The van der Waals surface area contributed by atoms with Gasteiger partial charge in [-0.1, -0.05) is 50.5 Å². The van der Waals surface area contributed by atoms with Crippen molar-refractivity contribution in [3.05, 3.63) is 35.9 Å². The molecule has 0 aliphatic carbocycles. The first-order valence-electron chi connectivity index (χ1n) is 6.26. The first-order valence-corrected chi connectivity index (χ1v) is 6.26. The summed E-state index contributed by atoms with van der Waals surface area (Å²) >= 11 is 0. The van der Waals surface area contributed by atoms with Gasteiger partial charge in [-0.05, 0) is 24.1 Å². The predicted octanol–water partition coefficient (Wildman–Crippen LogP) is 3.65. The van der Waals surface area contributed by atoms with Crippen LogP contribution in [0.15, 0.2) is 30.3 Å². The van der Waals surface area contributed by atoms with Crippen molar-refractivity contribution in [2.75, 3.05) is 7.11 Å². The van der Waals surface area contributed by atoms with Gasteiger partial charge in [-0.15, -0.1) is 0 Å². The highest BCUT2D eigenvalue weighted by Gasteiger charge is 1.98. The Kier molecular flexibility index (Phi) is 6.41. The fourth-order valence-electron chi connectivity index (χ4n) is 1.64. The van der Waals surface area contributed by atoms with Gasteiger partial charge in [-0.2, -0.15) is 0 Å². The Balaban J connectivity index is 2.40. The first kappa shape index (κ1) is 13.8. The molecule has 94 valence electrons. The van der Waals surface area contributed by atoms with Crippen LogP contribution >= 0.6 is 0 Å². The summed E-state index contributed by atoms with van der Waals surface area (Å²) in [5, 5.41) is 9.73. The van der Waals surface area contributed by atoms with Crippen molar-refractivity contribution in [2.45, 2.75) is 38.7 Å². The number of methoxy groups -OCH3 is 1. The van der Waals surface area contributed by atoms with Gasteiger partial charge in [-0.3, -0.25) is 0 Å². The largest absolute Gasteiger partial charge is 0.497 e. The second kappa shape index (κ2) is 7.91. The Morgan fingerprint density at radius 2 is 1.94 bits per heavy atom. The van der Waals surface area contributed by atoms with Crippen molar-refractivity contribution < 1.29 is 9.84 Å². The third kappa shape index (κ3) is 5.55. The summed E-state index contributed by atoms with van der Waals surface area (Å²) in [7, 11) is 1.66. The molecule has 0 unspecified atom stereocenters. The van der Waals surface area contributed by atoms with Crippen LogP contribution in [-0.4, -0.2) is 18.3 Å². The molecule has 17 heavy (non-hydrogen) atoms. The molecular weight excluding hydrogens is 212 g/mol. The zero-order valence-corrected chi connectivity index (χ0v) is 10.7. The van der Waals surface area contributed by atoms with E-state index in [1.54, 1.807) is 7.11 Å². The molecule has 2 nitrogen and oxygen atoms in total. The van der Waals surface area contributed by atoms with Gasteiger partial charge in [0.2, 0.25) is 0 Å². The molecule has 0 bridgehead atoms. The number of aliphatic hydroxyl groups is 1.